The average molecular weight is 358 g/mol. The minimum atomic E-state index is -1.15. The van der Waals surface area contributed by atoms with Crippen molar-refractivity contribution in [1.82, 2.24) is 19.7 Å². The van der Waals surface area contributed by atoms with Gasteiger partial charge in [0, 0.05) is 5.56 Å². The number of carbonyl (C=O) groups is 2. The molecule has 2 N–H and O–H groups in total. The number of hydrogen-bond acceptors (Lipinski definition) is 5. The van der Waals surface area contributed by atoms with Crippen LogP contribution in [0.5, 0.6) is 0 Å². The molecule has 9 nitrogen and oxygen atoms in total. The van der Waals surface area contributed by atoms with Crippen LogP contribution in [0.3, 0.4) is 0 Å². The van der Waals surface area contributed by atoms with Crippen LogP contribution in [0.1, 0.15) is 28.9 Å². The molecule has 0 saturated carbocycles. The third-order valence-corrected chi connectivity index (χ3v) is 4.69. The van der Waals surface area contributed by atoms with Gasteiger partial charge in [-0.05, 0) is 5.56 Å². The van der Waals surface area contributed by atoms with E-state index >= 15 is 0 Å². The lowest BCUT2D eigenvalue weighted by Crippen LogP contribution is -2.39. The normalized spacial score (nSPS) is 21.2. The second-order valence-electron chi connectivity index (χ2n) is 6.21. The number of carboxylic acids is 1. The molecule has 136 valence electrons. The lowest BCUT2D eigenvalue weighted by atomic mass is 9.98. The molecule has 2 aliphatic heterocycles. The number of aromatic nitrogens is 2. The summed E-state index contributed by atoms with van der Waals surface area (Å²) >= 11 is 0. The summed E-state index contributed by atoms with van der Waals surface area (Å²) in [4.78, 5) is 31.6. The summed E-state index contributed by atoms with van der Waals surface area (Å²) in [5, 5.41) is 24.3. The van der Waals surface area contributed by atoms with E-state index in [0.717, 1.165) is 5.56 Å². The van der Waals surface area contributed by atoms with E-state index in [-0.39, 0.29) is 26.3 Å². The van der Waals surface area contributed by atoms with Crippen LogP contribution >= 0.6 is 0 Å². The molecule has 2 aromatic rings. The van der Waals surface area contributed by atoms with E-state index in [0.29, 0.717) is 11.3 Å². The van der Waals surface area contributed by atoms with Crippen LogP contribution in [-0.2, 0) is 22.8 Å². The molecule has 1 aromatic heterocycles. The Hall–Kier alpha value is -2.91. The van der Waals surface area contributed by atoms with Gasteiger partial charge in [-0.1, -0.05) is 30.3 Å². The Labute approximate surface area is 149 Å². The number of urea groups is 1. The molecule has 0 aliphatic carbocycles. The van der Waals surface area contributed by atoms with Crippen molar-refractivity contribution < 1.29 is 24.6 Å². The molecule has 2 atom stereocenters. The number of carboxylic acid groups (broad SMARTS) is 1. The Morgan fingerprint density at radius 3 is 2.77 bits per heavy atom. The van der Waals surface area contributed by atoms with E-state index in [1.165, 1.54) is 14.6 Å². The smallest absolute Gasteiger partial charge is 0.345 e. The first-order valence-corrected chi connectivity index (χ1v) is 8.27. The van der Waals surface area contributed by atoms with E-state index in [9.17, 15) is 19.8 Å². The Morgan fingerprint density at radius 2 is 2.08 bits per heavy atom. The molecule has 26 heavy (non-hydrogen) atoms. The fourth-order valence-corrected chi connectivity index (χ4v) is 3.54. The highest BCUT2D eigenvalue weighted by molar-refractivity contribution is 5.86. The molecule has 1 saturated heterocycles. The summed E-state index contributed by atoms with van der Waals surface area (Å²) in [6, 6.07) is 7.37. The van der Waals surface area contributed by atoms with E-state index in [1.54, 1.807) is 6.20 Å². The van der Waals surface area contributed by atoms with Crippen LogP contribution in [-0.4, -0.2) is 55.1 Å². The number of rotatable bonds is 6. The van der Waals surface area contributed by atoms with Crippen molar-refractivity contribution in [3.8, 4) is 0 Å². The topological polar surface area (TPSA) is 108 Å². The minimum absolute atomic E-state index is 0.165. The number of carbonyl (C=O) groups excluding carboxylic acids is 1. The van der Waals surface area contributed by atoms with Gasteiger partial charge in [0.2, 0.25) is 0 Å². The summed E-state index contributed by atoms with van der Waals surface area (Å²) in [5.74, 6) is -1.14. The van der Waals surface area contributed by atoms with Gasteiger partial charge in [0.25, 0.3) is 0 Å². The highest BCUT2D eigenvalue weighted by Gasteiger charge is 2.53. The molecule has 0 spiro atoms. The zero-order valence-electron chi connectivity index (χ0n) is 13.9. The van der Waals surface area contributed by atoms with Crippen LogP contribution in [0.4, 0.5) is 4.79 Å². The molecule has 1 fully saturated rings. The molecule has 4 rings (SSSR count). The Bertz CT molecular complexity index is 837. The second-order valence-corrected chi connectivity index (χ2v) is 6.21. The molecule has 2 amide bonds. The van der Waals surface area contributed by atoms with E-state index in [4.69, 9.17) is 4.84 Å². The lowest BCUT2D eigenvalue weighted by molar-refractivity contribution is -0.143. The van der Waals surface area contributed by atoms with Crippen molar-refractivity contribution in [3.05, 3.63) is 53.3 Å². The number of aliphatic carboxylic acids is 1. The van der Waals surface area contributed by atoms with Crippen LogP contribution in [0, 0.1) is 0 Å². The standard InChI is InChI=1S/C17H18N4O5/c22-7-6-20-14-12(8-18-20)13-9-19(15(14)16(23)24)17(25)21(13)26-10-11-4-2-1-3-5-11/h1-5,8,13,15,22H,6-7,9-10H2,(H,23,24)/t13-,15-/m0/s1. The van der Waals surface area contributed by atoms with Gasteiger partial charge in [-0.25, -0.2) is 9.59 Å². The summed E-state index contributed by atoms with van der Waals surface area (Å²) < 4.78 is 1.45. The lowest BCUT2D eigenvalue weighted by Gasteiger charge is -2.28. The molecule has 2 bridgehead atoms. The summed E-state index contributed by atoms with van der Waals surface area (Å²) in [6.45, 7) is 0.420. The van der Waals surface area contributed by atoms with E-state index in [1.807, 2.05) is 30.3 Å². The maximum Gasteiger partial charge on any atom is 0.345 e. The quantitative estimate of drug-likeness (QED) is 0.795. The van der Waals surface area contributed by atoms with Crippen molar-refractivity contribution >= 4 is 12.0 Å². The largest absolute Gasteiger partial charge is 0.479 e. The Kier molecular flexibility index (Phi) is 4.09. The first-order chi connectivity index (χ1) is 12.6. The monoisotopic (exact) mass is 358 g/mol. The van der Waals surface area contributed by atoms with E-state index < -0.39 is 24.1 Å². The molecular weight excluding hydrogens is 340 g/mol. The van der Waals surface area contributed by atoms with Gasteiger partial charge in [-0.15, -0.1) is 0 Å². The molecular formula is C17H18N4O5. The summed E-state index contributed by atoms with van der Waals surface area (Å²) in [5.41, 5.74) is 1.96. The molecule has 0 radical (unpaired) electrons. The Balaban J connectivity index is 1.66. The fraction of sp³-hybridized carbons (Fsp3) is 0.353. The maximum atomic E-state index is 12.7. The van der Waals surface area contributed by atoms with Crippen molar-refractivity contribution in [3.63, 3.8) is 0 Å². The maximum absolute atomic E-state index is 12.7. The third kappa shape index (κ3) is 2.52. The summed E-state index contributed by atoms with van der Waals surface area (Å²) in [6.07, 6.45) is 1.56. The molecule has 0 unspecified atom stereocenters. The number of aliphatic hydroxyl groups excluding tert-OH is 1. The van der Waals surface area contributed by atoms with Gasteiger partial charge in [0.1, 0.15) is 12.6 Å². The second kappa shape index (κ2) is 6.43. The SMILES string of the molecule is O=C(O)[C@@H]1c2c(cnn2CCO)[C@@H]2CN1C(=O)N2OCc1ccccc1. The molecule has 3 heterocycles. The van der Waals surface area contributed by atoms with Crippen molar-refractivity contribution in [1.29, 1.82) is 0 Å². The first-order valence-electron chi connectivity index (χ1n) is 8.27. The van der Waals surface area contributed by atoms with Gasteiger partial charge >= 0.3 is 12.0 Å². The number of benzene rings is 1. The number of nitrogens with zero attached hydrogens (tertiary/aromatic N) is 4. The predicted octanol–water partition coefficient (Wildman–Crippen LogP) is 0.925. The number of fused-ring (bicyclic) bond motifs is 4. The zero-order chi connectivity index (χ0) is 18.3. The minimum Gasteiger partial charge on any atom is -0.479 e. The highest BCUT2D eigenvalue weighted by Crippen LogP contribution is 2.44. The van der Waals surface area contributed by atoms with Crippen molar-refractivity contribution in [2.24, 2.45) is 0 Å². The van der Waals surface area contributed by atoms with Gasteiger partial charge < -0.3 is 15.1 Å². The zero-order valence-corrected chi connectivity index (χ0v) is 13.9. The van der Waals surface area contributed by atoms with Gasteiger partial charge in [0.15, 0.2) is 6.04 Å². The number of hydroxylamine groups is 2. The van der Waals surface area contributed by atoms with E-state index in [2.05, 4.69) is 5.10 Å². The number of amides is 2. The van der Waals surface area contributed by atoms with Crippen LogP contribution in [0.15, 0.2) is 36.5 Å². The Morgan fingerprint density at radius 1 is 1.31 bits per heavy atom. The van der Waals surface area contributed by atoms with Crippen molar-refractivity contribution in [2.45, 2.75) is 25.2 Å². The number of aliphatic hydroxyl groups is 1. The average Bonchev–Trinajstić information content (AvgIpc) is 3.16. The van der Waals surface area contributed by atoms with Gasteiger partial charge in [-0.2, -0.15) is 10.2 Å². The van der Waals surface area contributed by atoms with Crippen LogP contribution in [0.2, 0.25) is 0 Å². The first kappa shape index (κ1) is 16.6. The highest BCUT2D eigenvalue weighted by atomic mass is 16.7. The number of hydrogen-bond donors (Lipinski definition) is 2. The van der Waals surface area contributed by atoms with Crippen molar-refractivity contribution in [2.75, 3.05) is 13.2 Å². The fourth-order valence-electron chi connectivity index (χ4n) is 3.54. The van der Waals surface area contributed by atoms with Gasteiger partial charge in [0.05, 0.1) is 31.6 Å². The van der Waals surface area contributed by atoms with Crippen LogP contribution < -0.4 is 0 Å². The predicted molar refractivity (Wildman–Crippen MR) is 87.6 cm³/mol. The molecule has 2 aliphatic rings. The molecule has 1 aromatic carbocycles. The summed E-state index contributed by atoms with van der Waals surface area (Å²) in [7, 11) is 0. The third-order valence-electron chi connectivity index (χ3n) is 4.69. The molecule has 9 heteroatoms. The van der Waals surface area contributed by atoms with Gasteiger partial charge in [-0.3, -0.25) is 9.52 Å². The van der Waals surface area contributed by atoms with Crippen LogP contribution in [0.25, 0.3) is 0 Å².